The standard InChI is InChI=1S/C11H24N2O2/c1-8(14)7-13-10(15)5-9(12)6-11(2,3)4/h8-9,14H,5-7,12H2,1-4H3,(H,13,15). The van der Waals surface area contributed by atoms with Crippen LogP contribution >= 0.6 is 0 Å². The Morgan fingerprint density at radius 1 is 1.47 bits per heavy atom. The molecule has 4 heteroatoms. The first-order valence-corrected chi connectivity index (χ1v) is 5.41. The van der Waals surface area contributed by atoms with Crippen molar-refractivity contribution in [2.45, 2.75) is 52.7 Å². The fraction of sp³-hybridized carbons (Fsp3) is 0.909. The summed E-state index contributed by atoms with van der Waals surface area (Å²) in [5.74, 6) is -0.0901. The molecule has 0 aliphatic heterocycles. The second-order valence-electron chi connectivity index (χ2n) is 5.38. The lowest BCUT2D eigenvalue weighted by Crippen LogP contribution is -2.36. The van der Waals surface area contributed by atoms with Crippen LogP contribution in [0.15, 0.2) is 0 Å². The maximum absolute atomic E-state index is 11.3. The Morgan fingerprint density at radius 3 is 2.40 bits per heavy atom. The average Bonchev–Trinajstić information content (AvgIpc) is 1.96. The van der Waals surface area contributed by atoms with E-state index in [1.807, 2.05) is 0 Å². The Hall–Kier alpha value is -0.610. The average molecular weight is 216 g/mol. The van der Waals surface area contributed by atoms with Gasteiger partial charge in [-0.2, -0.15) is 0 Å². The molecule has 0 saturated heterocycles. The van der Waals surface area contributed by atoms with Crippen LogP contribution in [0.4, 0.5) is 0 Å². The quantitative estimate of drug-likeness (QED) is 0.631. The third kappa shape index (κ3) is 9.69. The van der Waals surface area contributed by atoms with Crippen molar-refractivity contribution < 1.29 is 9.90 Å². The molecule has 0 aliphatic rings. The van der Waals surface area contributed by atoms with Crippen LogP contribution in [0, 0.1) is 5.41 Å². The Morgan fingerprint density at radius 2 is 2.00 bits per heavy atom. The number of carbonyl (C=O) groups is 1. The molecule has 0 aromatic rings. The first kappa shape index (κ1) is 14.4. The minimum atomic E-state index is -0.507. The van der Waals surface area contributed by atoms with Gasteiger partial charge in [-0.1, -0.05) is 20.8 Å². The minimum absolute atomic E-state index is 0.0901. The fourth-order valence-corrected chi connectivity index (χ4v) is 1.43. The summed E-state index contributed by atoms with van der Waals surface area (Å²) in [6.45, 7) is 8.22. The van der Waals surface area contributed by atoms with E-state index in [4.69, 9.17) is 10.8 Å². The summed E-state index contributed by atoms with van der Waals surface area (Å²) in [6.07, 6.45) is 0.631. The van der Waals surface area contributed by atoms with Crippen LogP contribution in [0.5, 0.6) is 0 Å². The zero-order chi connectivity index (χ0) is 12.1. The van der Waals surface area contributed by atoms with Crippen LogP contribution < -0.4 is 11.1 Å². The normalized spacial score (nSPS) is 15.9. The molecule has 0 aliphatic carbocycles. The van der Waals surface area contributed by atoms with Gasteiger partial charge in [0, 0.05) is 19.0 Å². The molecule has 4 nitrogen and oxygen atoms in total. The highest BCUT2D eigenvalue weighted by atomic mass is 16.3. The van der Waals surface area contributed by atoms with Crippen LogP contribution in [0.3, 0.4) is 0 Å². The first-order chi connectivity index (χ1) is 6.70. The molecule has 0 fully saturated rings. The van der Waals surface area contributed by atoms with Crippen molar-refractivity contribution in [3.8, 4) is 0 Å². The van der Waals surface area contributed by atoms with Crippen molar-refractivity contribution in [2.75, 3.05) is 6.54 Å². The predicted molar refractivity (Wildman–Crippen MR) is 61.4 cm³/mol. The molecule has 0 bridgehead atoms. The van der Waals surface area contributed by atoms with Crippen LogP contribution in [0.25, 0.3) is 0 Å². The lowest BCUT2D eigenvalue weighted by Gasteiger charge is -2.22. The molecule has 15 heavy (non-hydrogen) atoms. The van der Waals surface area contributed by atoms with Crippen molar-refractivity contribution in [3.63, 3.8) is 0 Å². The molecule has 2 unspecified atom stereocenters. The zero-order valence-corrected chi connectivity index (χ0v) is 10.2. The Balaban J connectivity index is 3.77. The monoisotopic (exact) mass is 216 g/mol. The first-order valence-electron chi connectivity index (χ1n) is 5.41. The predicted octanol–water partition coefficient (Wildman–Crippen LogP) is 0.637. The highest BCUT2D eigenvalue weighted by Crippen LogP contribution is 2.20. The van der Waals surface area contributed by atoms with E-state index in [0.29, 0.717) is 13.0 Å². The van der Waals surface area contributed by atoms with Crippen LogP contribution in [0.1, 0.15) is 40.5 Å². The van der Waals surface area contributed by atoms with Gasteiger partial charge in [0.15, 0.2) is 0 Å². The number of nitrogens with two attached hydrogens (primary N) is 1. The highest BCUT2D eigenvalue weighted by molar-refractivity contribution is 5.76. The second-order valence-corrected chi connectivity index (χ2v) is 5.38. The van der Waals surface area contributed by atoms with Gasteiger partial charge in [-0.15, -0.1) is 0 Å². The van der Waals surface area contributed by atoms with Crippen LogP contribution in [-0.2, 0) is 4.79 Å². The number of hydrogen-bond acceptors (Lipinski definition) is 3. The summed E-state index contributed by atoms with van der Waals surface area (Å²) in [6, 6.07) is -0.112. The van der Waals surface area contributed by atoms with E-state index in [0.717, 1.165) is 6.42 Å². The highest BCUT2D eigenvalue weighted by Gasteiger charge is 2.17. The van der Waals surface area contributed by atoms with E-state index in [1.165, 1.54) is 0 Å². The number of hydrogen-bond donors (Lipinski definition) is 3. The minimum Gasteiger partial charge on any atom is -0.392 e. The maximum Gasteiger partial charge on any atom is 0.221 e. The summed E-state index contributed by atoms with van der Waals surface area (Å²) in [7, 11) is 0. The number of amides is 1. The molecule has 0 spiro atoms. The largest absolute Gasteiger partial charge is 0.392 e. The van der Waals surface area contributed by atoms with Gasteiger partial charge in [-0.3, -0.25) is 4.79 Å². The maximum atomic E-state index is 11.3. The van der Waals surface area contributed by atoms with Crippen molar-refractivity contribution in [1.29, 1.82) is 0 Å². The fourth-order valence-electron chi connectivity index (χ4n) is 1.43. The van der Waals surface area contributed by atoms with Gasteiger partial charge in [0.1, 0.15) is 0 Å². The SMILES string of the molecule is CC(O)CNC(=O)CC(N)CC(C)(C)C. The van der Waals surface area contributed by atoms with Gasteiger partial charge >= 0.3 is 0 Å². The smallest absolute Gasteiger partial charge is 0.221 e. The third-order valence-electron chi connectivity index (χ3n) is 1.92. The Bertz CT molecular complexity index is 197. The van der Waals surface area contributed by atoms with Crippen LogP contribution in [-0.4, -0.2) is 29.7 Å². The van der Waals surface area contributed by atoms with Crippen molar-refractivity contribution >= 4 is 5.91 Å². The summed E-state index contributed by atoms with van der Waals surface area (Å²) in [5, 5.41) is 11.6. The molecule has 0 saturated carbocycles. The second kappa shape index (κ2) is 6.08. The lowest BCUT2D eigenvalue weighted by molar-refractivity contribution is -0.121. The number of carbonyl (C=O) groups excluding carboxylic acids is 1. The van der Waals surface area contributed by atoms with Gasteiger partial charge in [0.2, 0.25) is 5.91 Å². The van der Waals surface area contributed by atoms with Gasteiger partial charge in [-0.25, -0.2) is 0 Å². The summed E-state index contributed by atoms with van der Waals surface area (Å²) in [4.78, 5) is 11.3. The van der Waals surface area contributed by atoms with Gasteiger partial charge in [-0.05, 0) is 18.8 Å². The number of nitrogens with one attached hydrogen (secondary N) is 1. The number of rotatable bonds is 5. The van der Waals surface area contributed by atoms with Crippen LogP contribution in [0.2, 0.25) is 0 Å². The molecule has 4 N–H and O–H groups in total. The zero-order valence-electron chi connectivity index (χ0n) is 10.2. The van der Waals surface area contributed by atoms with Gasteiger partial charge in [0.05, 0.1) is 6.10 Å². The van der Waals surface area contributed by atoms with Crippen molar-refractivity contribution in [3.05, 3.63) is 0 Å². The third-order valence-corrected chi connectivity index (χ3v) is 1.92. The van der Waals surface area contributed by atoms with Gasteiger partial charge < -0.3 is 16.2 Å². The Kier molecular flexibility index (Phi) is 5.83. The van der Waals surface area contributed by atoms with E-state index in [1.54, 1.807) is 6.92 Å². The lowest BCUT2D eigenvalue weighted by atomic mass is 9.87. The number of aliphatic hydroxyl groups is 1. The molecular weight excluding hydrogens is 192 g/mol. The summed E-state index contributed by atoms with van der Waals surface area (Å²) < 4.78 is 0. The van der Waals surface area contributed by atoms with E-state index in [9.17, 15) is 4.79 Å². The van der Waals surface area contributed by atoms with Crippen molar-refractivity contribution in [2.24, 2.45) is 11.1 Å². The molecule has 0 aromatic heterocycles. The molecule has 0 rings (SSSR count). The van der Waals surface area contributed by atoms with E-state index in [-0.39, 0.29) is 17.4 Å². The molecule has 0 heterocycles. The molecule has 0 radical (unpaired) electrons. The van der Waals surface area contributed by atoms with Gasteiger partial charge in [0.25, 0.3) is 0 Å². The molecular formula is C11H24N2O2. The molecule has 1 amide bonds. The van der Waals surface area contributed by atoms with E-state index >= 15 is 0 Å². The molecule has 2 atom stereocenters. The van der Waals surface area contributed by atoms with E-state index in [2.05, 4.69) is 26.1 Å². The number of aliphatic hydroxyl groups excluding tert-OH is 1. The molecule has 90 valence electrons. The summed E-state index contributed by atoms with van der Waals surface area (Å²) in [5.41, 5.74) is 5.99. The van der Waals surface area contributed by atoms with Crippen molar-refractivity contribution in [1.82, 2.24) is 5.32 Å². The Labute approximate surface area is 92.2 Å². The summed E-state index contributed by atoms with van der Waals surface area (Å²) >= 11 is 0. The van der Waals surface area contributed by atoms with E-state index < -0.39 is 6.10 Å². The molecule has 0 aromatic carbocycles. The topological polar surface area (TPSA) is 75.3 Å².